The summed E-state index contributed by atoms with van der Waals surface area (Å²) in [6.07, 6.45) is 2.27. The zero-order valence-corrected chi connectivity index (χ0v) is 16.9. The van der Waals surface area contributed by atoms with Gasteiger partial charge in [-0.05, 0) is 36.8 Å². The van der Waals surface area contributed by atoms with Gasteiger partial charge in [0.15, 0.2) is 0 Å². The molecule has 2 aromatic carbocycles. The van der Waals surface area contributed by atoms with E-state index in [2.05, 4.69) is 17.4 Å². The van der Waals surface area contributed by atoms with Crippen LogP contribution in [0.5, 0.6) is 0 Å². The number of hydrogen-bond donors (Lipinski definition) is 1. The maximum atomic E-state index is 12.6. The zero-order chi connectivity index (χ0) is 20.1. The highest BCUT2D eigenvalue weighted by molar-refractivity contribution is 8.00. The van der Waals surface area contributed by atoms with E-state index in [1.54, 1.807) is 12.3 Å². The molecule has 0 spiro atoms. The van der Waals surface area contributed by atoms with Crippen LogP contribution in [0, 0.1) is 0 Å². The van der Waals surface area contributed by atoms with Crippen LogP contribution in [0.4, 0.5) is 0 Å². The third-order valence-corrected chi connectivity index (χ3v) is 5.61. The number of para-hydroxylation sites is 2. The van der Waals surface area contributed by atoms with Gasteiger partial charge in [0.05, 0.1) is 34.8 Å². The zero-order valence-electron chi connectivity index (χ0n) is 16.0. The van der Waals surface area contributed by atoms with Crippen molar-refractivity contribution in [3.8, 4) is 0 Å². The molecule has 1 N–H and O–H groups in total. The molecule has 5 nitrogen and oxygen atoms in total. The third kappa shape index (κ3) is 4.84. The first kappa shape index (κ1) is 19.2. The van der Waals surface area contributed by atoms with Gasteiger partial charge in [0.1, 0.15) is 10.8 Å². The number of hydrogen-bond acceptors (Lipinski definition) is 5. The summed E-state index contributed by atoms with van der Waals surface area (Å²) >= 11 is 1.43. The van der Waals surface area contributed by atoms with Crippen molar-refractivity contribution in [2.75, 3.05) is 0 Å². The van der Waals surface area contributed by atoms with E-state index < -0.39 is 0 Å². The Balaban J connectivity index is 1.55. The molecule has 1 atom stereocenters. The molecule has 0 aliphatic carbocycles. The highest BCUT2D eigenvalue weighted by atomic mass is 32.2. The molecule has 4 rings (SSSR count). The molecule has 4 aromatic rings. The van der Waals surface area contributed by atoms with E-state index in [4.69, 9.17) is 14.4 Å². The molecule has 0 fully saturated rings. The molecular formula is C23H21N3O2S. The van der Waals surface area contributed by atoms with Crippen LogP contribution >= 0.6 is 11.8 Å². The minimum absolute atomic E-state index is 0.0629. The lowest BCUT2D eigenvalue weighted by molar-refractivity contribution is -0.120. The van der Waals surface area contributed by atoms with Crippen LogP contribution in [0.2, 0.25) is 0 Å². The molecule has 0 radical (unpaired) electrons. The molecule has 0 aliphatic rings. The summed E-state index contributed by atoms with van der Waals surface area (Å²) < 4.78 is 5.27. The maximum Gasteiger partial charge on any atom is 0.233 e. The van der Waals surface area contributed by atoms with Crippen molar-refractivity contribution < 1.29 is 9.21 Å². The molecule has 0 bridgehead atoms. The fourth-order valence-corrected chi connectivity index (χ4v) is 3.90. The fourth-order valence-electron chi connectivity index (χ4n) is 2.97. The summed E-state index contributed by atoms with van der Waals surface area (Å²) in [5, 5.41) is 3.38. The van der Waals surface area contributed by atoms with E-state index in [9.17, 15) is 4.79 Å². The van der Waals surface area contributed by atoms with Gasteiger partial charge < -0.3 is 9.73 Å². The van der Waals surface area contributed by atoms with Gasteiger partial charge in [-0.25, -0.2) is 9.97 Å². The molecule has 6 heteroatoms. The number of rotatable bonds is 7. The third-order valence-electron chi connectivity index (χ3n) is 4.49. The van der Waals surface area contributed by atoms with Gasteiger partial charge in [-0.3, -0.25) is 4.79 Å². The van der Waals surface area contributed by atoms with Crippen molar-refractivity contribution >= 4 is 28.7 Å². The van der Waals surface area contributed by atoms with Crippen LogP contribution in [0.25, 0.3) is 11.0 Å². The van der Waals surface area contributed by atoms with Crippen LogP contribution in [0.1, 0.15) is 23.9 Å². The molecular weight excluding hydrogens is 382 g/mol. The van der Waals surface area contributed by atoms with E-state index in [0.29, 0.717) is 13.0 Å². The molecule has 146 valence electrons. The fraction of sp³-hybridized carbons (Fsp3) is 0.174. The Hall–Kier alpha value is -3.12. The van der Waals surface area contributed by atoms with E-state index in [0.717, 1.165) is 33.1 Å². The van der Waals surface area contributed by atoms with Crippen LogP contribution < -0.4 is 5.32 Å². The lowest BCUT2D eigenvalue weighted by Crippen LogP contribution is -2.30. The lowest BCUT2D eigenvalue weighted by atomic mass is 10.1. The van der Waals surface area contributed by atoms with Crippen molar-refractivity contribution in [3.63, 3.8) is 0 Å². The molecule has 1 unspecified atom stereocenters. The van der Waals surface area contributed by atoms with Crippen molar-refractivity contribution in [1.82, 2.24) is 15.3 Å². The molecule has 2 aromatic heterocycles. The van der Waals surface area contributed by atoms with Gasteiger partial charge in [0, 0.05) is 6.42 Å². The predicted octanol–water partition coefficient (Wildman–Crippen LogP) is 4.61. The SMILES string of the molecule is CC(Sc1nc2ccccc2nc1Cc1ccccc1)C(=O)NCc1ccco1. The lowest BCUT2D eigenvalue weighted by Gasteiger charge is -2.14. The molecule has 0 saturated carbocycles. The summed E-state index contributed by atoms with van der Waals surface area (Å²) in [4.78, 5) is 22.2. The van der Waals surface area contributed by atoms with Crippen LogP contribution in [0.15, 0.2) is 82.4 Å². The maximum absolute atomic E-state index is 12.6. The monoisotopic (exact) mass is 403 g/mol. The summed E-state index contributed by atoms with van der Waals surface area (Å²) in [6.45, 7) is 2.25. The van der Waals surface area contributed by atoms with Gasteiger partial charge in [-0.15, -0.1) is 0 Å². The van der Waals surface area contributed by atoms with E-state index in [1.807, 2.05) is 55.5 Å². The Bertz CT molecular complexity index is 1100. The van der Waals surface area contributed by atoms with E-state index in [1.165, 1.54) is 11.8 Å². The highest BCUT2D eigenvalue weighted by Gasteiger charge is 2.19. The second-order valence-electron chi connectivity index (χ2n) is 6.68. The first-order valence-electron chi connectivity index (χ1n) is 9.45. The number of benzene rings is 2. The average Bonchev–Trinajstić information content (AvgIpc) is 3.27. The number of nitrogens with zero attached hydrogens (tertiary/aromatic N) is 2. The largest absolute Gasteiger partial charge is 0.467 e. The first-order chi connectivity index (χ1) is 14.2. The predicted molar refractivity (Wildman–Crippen MR) is 115 cm³/mol. The molecule has 0 aliphatic heterocycles. The number of amides is 1. The standard InChI is InChI=1S/C23H21N3O2S/c1-16(22(27)24-15-18-10-7-13-28-18)29-23-21(14-17-8-3-2-4-9-17)25-19-11-5-6-12-20(19)26-23/h2-13,16H,14-15H2,1H3,(H,24,27). The molecule has 1 amide bonds. The Morgan fingerprint density at radius 3 is 2.45 bits per heavy atom. The Kier molecular flexibility index (Phi) is 5.91. The topological polar surface area (TPSA) is 68.0 Å². The number of nitrogens with one attached hydrogen (secondary N) is 1. The van der Waals surface area contributed by atoms with Gasteiger partial charge in [0.25, 0.3) is 0 Å². The van der Waals surface area contributed by atoms with Gasteiger partial charge >= 0.3 is 0 Å². The first-order valence-corrected chi connectivity index (χ1v) is 10.3. The second kappa shape index (κ2) is 8.92. The number of carbonyl (C=O) groups is 1. The number of fused-ring (bicyclic) bond motifs is 1. The Morgan fingerprint density at radius 1 is 1.00 bits per heavy atom. The van der Waals surface area contributed by atoms with Gasteiger partial charge in [-0.1, -0.05) is 54.2 Å². The van der Waals surface area contributed by atoms with Crippen LogP contribution in [-0.4, -0.2) is 21.1 Å². The van der Waals surface area contributed by atoms with Crippen LogP contribution in [-0.2, 0) is 17.8 Å². The van der Waals surface area contributed by atoms with Crippen molar-refractivity contribution in [1.29, 1.82) is 0 Å². The Labute approximate surface area is 173 Å². The molecule has 29 heavy (non-hydrogen) atoms. The summed E-state index contributed by atoms with van der Waals surface area (Å²) in [7, 11) is 0. The van der Waals surface area contributed by atoms with E-state index in [-0.39, 0.29) is 11.2 Å². The summed E-state index contributed by atoms with van der Waals surface area (Å²) in [6, 6.07) is 21.6. The van der Waals surface area contributed by atoms with E-state index >= 15 is 0 Å². The smallest absolute Gasteiger partial charge is 0.233 e. The Morgan fingerprint density at radius 2 is 1.72 bits per heavy atom. The normalized spacial score (nSPS) is 12.0. The molecule has 0 saturated heterocycles. The van der Waals surface area contributed by atoms with Crippen LogP contribution in [0.3, 0.4) is 0 Å². The number of aromatic nitrogens is 2. The number of thioether (sulfide) groups is 1. The van der Waals surface area contributed by atoms with Crippen molar-refractivity contribution in [2.45, 2.75) is 30.2 Å². The van der Waals surface area contributed by atoms with Crippen molar-refractivity contribution in [3.05, 3.63) is 90.0 Å². The summed E-state index contributed by atoms with van der Waals surface area (Å²) in [5.74, 6) is 0.665. The minimum Gasteiger partial charge on any atom is -0.467 e. The second-order valence-corrected chi connectivity index (χ2v) is 8.01. The quantitative estimate of drug-likeness (QED) is 0.456. The van der Waals surface area contributed by atoms with Crippen molar-refractivity contribution in [2.24, 2.45) is 0 Å². The summed E-state index contributed by atoms with van der Waals surface area (Å²) in [5.41, 5.74) is 3.73. The van der Waals surface area contributed by atoms with Gasteiger partial charge in [-0.2, -0.15) is 0 Å². The molecule has 2 heterocycles. The number of carbonyl (C=O) groups excluding carboxylic acids is 1. The highest BCUT2D eigenvalue weighted by Crippen LogP contribution is 2.28. The average molecular weight is 404 g/mol. The minimum atomic E-state index is -0.310. The number of furan rings is 1. The van der Waals surface area contributed by atoms with Gasteiger partial charge in [0.2, 0.25) is 5.91 Å².